The van der Waals surface area contributed by atoms with E-state index in [1.54, 1.807) is 30.3 Å². The topological polar surface area (TPSA) is 59.4 Å². The van der Waals surface area contributed by atoms with E-state index < -0.39 is 5.97 Å². The number of ether oxygens (including phenoxy) is 1. The standard InChI is InChI=1S/C16H16ClNO3/c1-16(2,3)13-7-10(15(19)20)8-14(18-13)21-12-6-4-5-11(17)9-12/h4-9H,1-3H3,(H,19,20). The van der Waals surface area contributed by atoms with Crippen molar-refractivity contribution in [2.24, 2.45) is 0 Å². The second kappa shape index (κ2) is 5.74. The second-order valence-electron chi connectivity index (χ2n) is 5.69. The van der Waals surface area contributed by atoms with E-state index in [9.17, 15) is 9.90 Å². The fourth-order valence-electron chi connectivity index (χ4n) is 1.72. The van der Waals surface area contributed by atoms with Gasteiger partial charge in [0.1, 0.15) is 5.75 Å². The quantitative estimate of drug-likeness (QED) is 0.905. The Morgan fingerprint density at radius 1 is 1.24 bits per heavy atom. The lowest BCUT2D eigenvalue weighted by Gasteiger charge is -2.19. The number of aromatic carboxylic acids is 1. The molecule has 5 heteroatoms. The smallest absolute Gasteiger partial charge is 0.335 e. The van der Waals surface area contributed by atoms with E-state index in [0.717, 1.165) is 0 Å². The monoisotopic (exact) mass is 305 g/mol. The van der Waals surface area contributed by atoms with Gasteiger partial charge in [-0.1, -0.05) is 38.4 Å². The van der Waals surface area contributed by atoms with Crippen LogP contribution in [0.1, 0.15) is 36.8 Å². The van der Waals surface area contributed by atoms with E-state index in [0.29, 0.717) is 16.5 Å². The van der Waals surface area contributed by atoms with Crippen LogP contribution in [0.25, 0.3) is 0 Å². The van der Waals surface area contributed by atoms with E-state index in [2.05, 4.69) is 4.98 Å². The molecule has 1 aromatic carbocycles. The number of hydrogen-bond donors (Lipinski definition) is 1. The number of carbonyl (C=O) groups is 1. The molecular weight excluding hydrogens is 290 g/mol. The van der Waals surface area contributed by atoms with Gasteiger partial charge in [0.25, 0.3) is 0 Å². The Hall–Kier alpha value is -2.07. The first-order valence-electron chi connectivity index (χ1n) is 6.45. The van der Waals surface area contributed by atoms with Gasteiger partial charge in [-0.15, -0.1) is 0 Å². The Morgan fingerprint density at radius 3 is 2.52 bits per heavy atom. The fraction of sp³-hybridized carbons (Fsp3) is 0.250. The SMILES string of the molecule is CC(C)(C)c1cc(C(=O)O)cc(Oc2cccc(Cl)c2)n1. The largest absolute Gasteiger partial charge is 0.478 e. The maximum absolute atomic E-state index is 11.2. The Labute approximate surface area is 128 Å². The highest BCUT2D eigenvalue weighted by Crippen LogP contribution is 2.28. The highest BCUT2D eigenvalue weighted by molar-refractivity contribution is 6.30. The molecular formula is C16H16ClNO3. The van der Waals surface area contributed by atoms with Gasteiger partial charge in [0.2, 0.25) is 5.88 Å². The molecule has 0 radical (unpaired) electrons. The van der Waals surface area contributed by atoms with Crippen LogP contribution >= 0.6 is 11.6 Å². The highest BCUT2D eigenvalue weighted by Gasteiger charge is 2.19. The van der Waals surface area contributed by atoms with Gasteiger partial charge < -0.3 is 9.84 Å². The number of nitrogens with zero attached hydrogens (tertiary/aromatic N) is 1. The van der Waals surface area contributed by atoms with Crippen molar-refractivity contribution in [2.45, 2.75) is 26.2 Å². The van der Waals surface area contributed by atoms with Crippen LogP contribution in [0.2, 0.25) is 5.02 Å². The normalized spacial score (nSPS) is 11.2. The van der Waals surface area contributed by atoms with Crippen molar-refractivity contribution in [3.05, 3.63) is 52.7 Å². The van der Waals surface area contributed by atoms with Crippen molar-refractivity contribution in [3.63, 3.8) is 0 Å². The molecule has 2 aromatic rings. The lowest BCUT2D eigenvalue weighted by atomic mass is 9.91. The number of benzene rings is 1. The van der Waals surface area contributed by atoms with Gasteiger partial charge in [-0.2, -0.15) is 0 Å². The number of halogens is 1. The van der Waals surface area contributed by atoms with Crippen LogP contribution in [0.5, 0.6) is 11.6 Å². The predicted molar refractivity (Wildman–Crippen MR) is 81.4 cm³/mol. The molecule has 0 amide bonds. The summed E-state index contributed by atoms with van der Waals surface area (Å²) in [6, 6.07) is 9.83. The summed E-state index contributed by atoms with van der Waals surface area (Å²) >= 11 is 5.90. The Bertz CT molecular complexity index is 677. The van der Waals surface area contributed by atoms with Crippen LogP contribution in [0.4, 0.5) is 0 Å². The van der Waals surface area contributed by atoms with Crippen LogP contribution in [0.15, 0.2) is 36.4 Å². The van der Waals surface area contributed by atoms with Crippen molar-refractivity contribution in [1.29, 1.82) is 0 Å². The zero-order valence-corrected chi connectivity index (χ0v) is 12.8. The van der Waals surface area contributed by atoms with Gasteiger partial charge in [0.05, 0.1) is 11.3 Å². The molecule has 1 aromatic heterocycles. The first-order valence-corrected chi connectivity index (χ1v) is 6.83. The van der Waals surface area contributed by atoms with Gasteiger partial charge in [-0.05, 0) is 24.3 Å². The summed E-state index contributed by atoms with van der Waals surface area (Å²) in [6.45, 7) is 5.89. The number of aromatic nitrogens is 1. The molecule has 1 N–H and O–H groups in total. The third-order valence-corrected chi connectivity index (χ3v) is 3.07. The molecule has 4 nitrogen and oxygen atoms in total. The number of carboxylic acids is 1. The lowest BCUT2D eigenvalue weighted by molar-refractivity contribution is 0.0696. The van der Waals surface area contributed by atoms with Gasteiger partial charge in [0.15, 0.2) is 0 Å². The van der Waals surface area contributed by atoms with Crippen LogP contribution in [0.3, 0.4) is 0 Å². The summed E-state index contributed by atoms with van der Waals surface area (Å²) in [4.78, 5) is 15.6. The number of rotatable bonds is 3. The Morgan fingerprint density at radius 2 is 1.95 bits per heavy atom. The first kappa shape index (κ1) is 15.3. The number of pyridine rings is 1. The summed E-state index contributed by atoms with van der Waals surface area (Å²) in [7, 11) is 0. The van der Waals surface area contributed by atoms with E-state index in [-0.39, 0.29) is 16.9 Å². The molecule has 0 atom stereocenters. The van der Waals surface area contributed by atoms with Gasteiger partial charge in [-0.25, -0.2) is 9.78 Å². The lowest BCUT2D eigenvalue weighted by Crippen LogP contribution is -2.15. The molecule has 0 aliphatic rings. The van der Waals surface area contributed by atoms with Crippen LogP contribution < -0.4 is 4.74 Å². The summed E-state index contributed by atoms with van der Waals surface area (Å²) in [6.07, 6.45) is 0. The van der Waals surface area contributed by atoms with Crippen LogP contribution in [-0.4, -0.2) is 16.1 Å². The number of hydrogen-bond acceptors (Lipinski definition) is 3. The molecule has 0 fully saturated rings. The molecule has 0 aliphatic carbocycles. The van der Waals surface area contributed by atoms with Crippen LogP contribution in [-0.2, 0) is 5.41 Å². The summed E-state index contributed by atoms with van der Waals surface area (Å²) in [5.41, 5.74) is 0.518. The molecule has 110 valence electrons. The molecule has 0 bridgehead atoms. The molecule has 0 saturated heterocycles. The van der Waals surface area contributed by atoms with Crippen LogP contribution in [0, 0.1) is 0 Å². The molecule has 0 unspecified atom stereocenters. The minimum Gasteiger partial charge on any atom is -0.478 e. The molecule has 0 aliphatic heterocycles. The predicted octanol–water partition coefficient (Wildman–Crippen LogP) is 4.52. The van der Waals surface area contributed by atoms with Crippen molar-refractivity contribution in [3.8, 4) is 11.6 Å². The molecule has 21 heavy (non-hydrogen) atoms. The van der Waals surface area contributed by atoms with Crippen molar-refractivity contribution < 1.29 is 14.6 Å². The second-order valence-corrected chi connectivity index (χ2v) is 6.13. The fourth-order valence-corrected chi connectivity index (χ4v) is 1.90. The molecule has 1 heterocycles. The molecule has 0 saturated carbocycles. The zero-order chi connectivity index (χ0) is 15.6. The van der Waals surface area contributed by atoms with Crippen molar-refractivity contribution in [2.75, 3.05) is 0 Å². The summed E-state index contributed by atoms with van der Waals surface area (Å²) < 4.78 is 5.63. The van der Waals surface area contributed by atoms with Gasteiger partial charge in [0, 0.05) is 16.5 Å². The summed E-state index contributed by atoms with van der Waals surface area (Å²) in [5.74, 6) is -0.265. The molecule has 0 spiro atoms. The van der Waals surface area contributed by atoms with Crippen molar-refractivity contribution in [1.82, 2.24) is 4.98 Å². The number of carboxylic acid groups (broad SMARTS) is 1. The van der Waals surface area contributed by atoms with Crippen molar-refractivity contribution >= 4 is 17.6 Å². The molecule has 2 rings (SSSR count). The Balaban J connectivity index is 2.43. The maximum Gasteiger partial charge on any atom is 0.335 e. The maximum atomic E-state index is 11.2. The minimum atomic E-state index is -1.01. The minimum absolute atomic E-state index is 0.145. The third-order valence-electron chi connectivity index (χ3n) is 2.84. The average molecular weight is 306 g/mol. The first-order chi connectivity index (χ1) is 9.75. The van der Waals surface area contributed by atoms with E-state index in [1.807, 2.05) is 20.8 Å². The van der Waals surface area contributed by atoms with Gasteiger partial charge in [-0.3, -0.25) is 0 Å². The average Bonchev–Trinajstić information content (AvgIpc) is 2.37. The Kier molecular flexibility index (Phi) is 4.19. The van der Waals surface area contributed by atoms with E-state index in [4.69, 9.17) is 16.3 Å². The van der Waals surface area contributed by atoms with E-state index >= 15 is 0 Å². The highest BCUT2D eigenvalue weighted by atomic mass is 35.5. The third kappa shape index (κ3) is 3.95. The summed E-state index contributed by atoms with van der Waals surface area (Å²) in [5, 5.41) is 9.74. The zero-order valence-electron chi connectivity index (χ0n) is 12.1. The van der Waals surface area contributed by atoms with Gasteiger partial charge >= 0.3 is 5.97 Å². The van der Waals surface area contributed by atoms with E-state index in [1.165, 1.54) is 6.07 Å².